The zero-order chi connectivity index (χ0) is 31.6. The fourth-order valence-electron chi connectivity index (χ4n) is 5.77. The summed E-state index contributed by atoms with van der Waals surface area (Å²) in [6, 6.07) is 0. The molecule has 2 amide bonds. The number of aromatic nitrogens is 1. The van der Waals surface area contributed by atoms with E-state index < -0.39 is 11.9 Å². The maximum absolute atomic E-state index is 12.3. The van der Waals surface area contributed by atoms with Gasteiger partial charge in [-0.2, -0.15) is 0 Å². The van der Waals surface area contributed by atoms with Crippen molar-refractivity contribution in [2.75, 3.05) is 0 Å². The molecule has 10 nitrogen and oxygen atoms in total. The molecule has 1 aromatic rings. The number of aromatic amines is 1. The second-order valence-electron chi connectivity index (χ2n) is 10.9. The molecule has 0 saturated heterocycles. The number of hydrogen-bond acceptors (Lipinski definition) is 5. The van der Waals surface area contributed by atoms with Gasteiger partial charge in [-0.15, -0.1) is 0 Å². The molecule has 226 valence electrons. The Labute approximate surface area is 250 Å². The van der Waals surface area contributed by atoms with Crippen LogP contribution in [0.5, 0.6) is 0 Å². The summed E-state index contributed by atoms with van der Waals surface area (Å²) in [6.07, 6.45) is 7.33. The first-order valence-corrected chi connectivity index (χ1v) is 14.5. The van der Waals surface area contributed by atoms with Crippen molar-refractivity contribution < 1.29 is 29.4 Å². The van der Waals surface area contributed by atoms with Crippen molar-refractivity contribution in [3.63, 3.8) is 0 Å². The third-order valence-electron chi connectivity index (χ3n) is 8.31. The molecular formula is C33H38N4O6. The van der Waals surface area contributed by atoms with Crippen molar-refractivity contribution in [2.24, 2.45) is 4.99 Å². The fourth-order valence-corrected chi connectivity index (χ4v) is 5.77. The Morgan fingerprint density at radius 2 is 1.26 bits per heavy atom. The molecule has 10 heteroatoms. The quantitative estimate of drug-likeness (QED) is 0.238. The van der Waals surface area contributed by atoms with Gasteiger partial charge in [-0.1, -0.05) is 13.8 Å². The van der Waals surface area contributed by atoms with Gasteiger partial charge in [0.25, 0.3) is 11.8 Å². The predicted octanol–water partition coefficient (Wildman–Crippen LogP) is 5.25. The maximum Gasteiger partial charge on any atom is 0.303 e. The van der Waals surface area contributed by atoms with Crippen molar-refractivity contribution in [3.8, 4) is 0 Å². The van der Waals surface area contributed by atoms with Crippen LogP contribution in [0.4, 0.5) is 0 Å². The van der Waals surface area contributed by atoms with E-state index in [1.54, 1.807) is 13.8 Å². The van der Waals surface area contributed by atoms with Crippen molar-refractivity contribution in [2.45, 2.75) is 80.1 Å². The number of amides is 2. The van der Waals surface area contributed by atoms with E-state index >= 15 is 0 Å². The number of H-pyrrole nitrogens is 1. The highest BCUT2D eigenvalue weighted by atomic mass is 16.4. The van der Waals surface area contributed by atoms with E-state index in [2.05, 4.69) is 15.6 Å². The molecule has 0 spiro atoms. The molecule has 43 heavy (non-hydrogen) atoms. The van der Waals surface area contributed by atoms with Crippen LogP contribution in [-0.4, -0.2) is 44.7 Å². The second kappa shape index (κ2) is 12.6. The Morgan fingerprint density at radius 1 is 0.721 bits per heavy atom. The van der Waals surface area contributed by atoms with Gasteiger partial charge in [0, 0.05) is 46.8 Å². The van der Waals surface area contributed by atoms with Crippen LogP contribution in [-0.2, 0) is 25.6 Å². The summed E-state index contributed by atoms with van der Waals surface area (Å²) in [5.41, 5.74) is 10.5. The normalized spacial score (nSPS) is 19.9. The minimum Gasteiger partial charge on any atom is -0.481 e. The van der Waals surface area contributed by atoms with E-state index in [4.69, 9.17) is 4.99 Å². The number of hydrogen-bond donors (Lipinski definition) is 5. The number of aliphatic imine (C=N–C) groups is 1. The second-order valence-corrected chi connectivity index (χ2v) is 10.9. The summed E-state index contributed by atoms with van der Waals surface area (Å²) in [6.45, 7) is 11.3. The highest BCUT2D eigenvalue weighted by Crippen LogP contribution is 2.34. The molecule has 0 saturated carbocycles. The summed E-state index contributed by atoms with van der Waals surface area (Å²) in [5.74, 6) is -2.13. The monoisotopic (exact) mass is 586 g/mol. The number of carboxylic acid groups (broad SMARTS) is 2. The van der Waals surface area contributed by atoms with E-state index in [1.165, 1.54) is 0 Å². The Hall–Kier alpha value is -4.73. The van der Waals surface area contributed by atoms with Gasteiger partial charge in [0.05, 0.1) is 11.4 Å². The van der Waals surface area contributed by atoms with Crippen LogP contribution in [0.25, 0.3) is 12.2 Å². The Bertz CT molecular complexity index is 1660. The lowest BCUT2D eigenvalue weighted by atomic mass is 9.98. The third-order valence-corrected chi connectivity index (χ3v) is 8.31. The Balaban J connectivity index is 1.82. The summed E-state index contributed by atoms with van der Waals surface area (Å²) >= 11 is 0. The minimum absolute atomic E-state index is 0.0563. The molecule has 5 N–H and O–H groups in total. The summed E-state index contributed by atoms with van der Waals surface area (Å²) < 4.78 is 0. The van der Waals surface area contributed by atoms with Gasteiger partial charge >= 0.3 is 11.9 Å². The van der Waals surface area contributed by atoms with Crippen LogP contribution >= 0.6 is 0 Å². The maximum atomic E-state index is 12.3. The third kappa shape index (κ3) is 6.38. The Morgan fingerprint density at radius 3 is 1.79 bits per heavy atom. The number of rotatable bonds is 11. The van der Waals surface area contributed by atoms with Crippen LogP contribution in [0.1, 0.15) is 89.2 Å². The highest BCUT2D eigenvalue weighted by Gasteiger charge is 2.27. The van der Waals surface area contributed by atoms with Gasteiger partial charge in [-0.3, -0.25) is 19.2 Å². The molecule has 0 aromatic carbocycles. The van der Waals surface area contributed by atoms with E-state index in [1.807, 2.05) is 45.9 Å². The lowest BCUT2D eigenvalue weighted by Crippen LogP contribution is -2.16. The van der Waals surface area contributed by atoms with Crippen molar-refractivity contribution in [1.29, 1.82) is 0 Å². The van der Waals surface area contributed by atoms with Crippen LogP contribution in [0.3, 0.4) is 0 Å². The number of aliphatic carboxylic acids is 2. The topological polar surface area (TPSA) is 161 Å². The number of nitrogens with one attached hydrogen (secondary N) is 3. The molecule has 1 aromatic heterocycles. The number of nitrogens with zero attached hydrogens (tertiary/aromatic N) is 1. The molecule has 0 unspecified atom stereocenters. The lowest BCUT2D eigenvalue weighted by Gasteiger charge is -2.07. The summed E-state index contributed by atoms with van der Waals surface area (Å²) in [5, 5.41) is 24.6. The number of carbonyl (C=O) groups is 4. The van der Waals surface area contributed by atoms with E-state index in [-0.39, 0.29) is 31.1 Å². The van der Waals surface area contributed by atoms with Gasteiger partial charge < -0.3 is 25.8 Å². The summed E-state index contributed by atoms with van der Waals surface area (Å²) in [4.78, 5) is 55.9. The zero-order valence-electron chi connectivity index (χ0n) is 25.4. The standard InChI is InChI=1S/C33H38N4O6/c1-7-20-18(5)32(42)36-26(20)14-28-22(9-11-30(38)39)16(3)24(34-28)13-25-17(4)23(10-12-31(40)41)29(35-25)15-27-21(8-2)19(6)33(43)37-27/h13-15,34H,7-12H2,1-6H3,(H,36,42)(H,37,43)(H,38,39)(H,40,41)/b25-13?,26-14-,27-15-. The van der Waals surface area contributed by atoms with Crippen molar-refractivity contribution >= 4 is 41.6 Å². The first kappa shape index (κ1) is 31.2. The van der Waals surface area contributed by atoms with E-state index in [9.17, 15) is 29.4 Å². The van der Waals surface area contributed by atoms with Gasteiger partial charge in [0.1, 0.15) is 0 Å². The number of allylic oxidation sites excluding steroid dienone is 5. The van der Waals surface area contributed by atoms with Crippen molar-refractivity contribution in [1.82, 2.24) is 15.6 Å². The largest absolute Gasteiger partial charge is 0.481 e. The average Bonchev–Trinajstić information content (AvgIpc) is 3.59. The van der Waals surface area contributed by atoms with Crippen molar-refractivity contribution in [3.05, 3.63) is 79.1 Å². The van der Waals surface area contributed by atoms with Gasteiger partial charge in [-0.25, -0.2) is 4.99 Å². The molecule has 0 aliphatic carbocycles. The van der Waals surface area contributed by atoms with Gasteiger partial charge in [0.2, 0.25) is 0 Å². The van der Waals surface area contributed by atoms with Crippen LogP contribution in [0, 0.1) is 6.92 Å². The number of carboxylic acids is 2. The van der Waals surface area contributed by atoms with Gasteiger partial charge in [0.15, 0.2) is 0 Å². The number of carbonyl (C=O) groups excluding carboxylic acids is 2. The lowest BCUT2D eigenvalue weighted by molar-refractivity contribution is -0.137. The molecule has 0 bridgehead atoms. The van der Waals surface area contributed by atoms with Gasteiger partial charge in [-0.05, 0) is 105 Å². The molecule has 4 rings (SSSR count). The molecule has 3 aliphatic rings. The molecular weight excluding hydrogens is 548 g/mol. The molecule has 3 aliphatic heterocycles. The smallest absolute Gasteiger partial charge is 0.303 e. The predicted molar refractivity (Wildman–Crippen MR) is 165 cm³/mol. The molecule has 4 heterocycles. The SMILES string of the molecule is CCC1=C(C)C(=O)N/C1=C\C1=NC(=Cc2[nH]c(/C=C3\NC(=O)C(C)=C3CC)c(CCC(=O)O)c2C)C(C)=C1CCC(=O)O. The molecule has 0 fully saturated rings. The first-order chi connectivity index (χ1) is 20.4. The molecule has 0 atom stereocenters. The van der Waals surface area contributed by atoms with Crippen LogP contribution in [0.2, 0.25) is 0 Å². The molecule has 0 radical (unpaired) electrons. The highest BCUT2D eigenvalue weighted by molar-refractivity contribution is 6.14. The average molecular weight is 587 g/mol. The minimum atomic E-state index is -0.917. The zero-order valence-corrected chi connectivity index (χ0v) is 25.4. The van der Waals surface area contributed by atoms with Crippen LogP contribution < -0.4 is 10.6 Å². The van der Waals surface area contributed by atoms with E-state index in [0.717, 1.165) is 39.1 Å². The summed E-state index contributed by atoms with van der Waals surface area (Å²) in [7, 11) is 0. The van der Waals surface area contributed by atoms with E-state index in [0.29, 0.717) is 58.9 Å². The first-order valence-electron chi connectivity index (χ1n) is 14.5. The van der Waals surface area contributed by atoms with Crippen LogP contribution in [0.15, 0.2) is 61.6 Å². The fraction of sp³-hybridized carbons (Fsp3) is 0.364. The Kier molecular flexibility index (Phi) is 9.18.